The van der Waals surface area contributed by atoms with Gasteiger partial charge in [-0.3, -0.25) is 9.59 Å². The summed E-state index contributed by atoms with van der Waals surface area (Å²) < 4.78 is 17.7. The van der Waals surface area contributed by atoms with Crippen LogP contribution in [0, 0.1) is 0 Å². The Balaban J connectivity index is 2.62. The van der Waals surface area contributed by atoms with E-state index in [1.807, 2.05) is 6.08 Å². The van der Waals surface area contributed by atoms with Gasteiger partial charge in [-0.15, -0.1) is 0 Å². The lowest BCUT2D eigenvalue weighted by molar-refractivity contribution is -0.305. The minimum atomic E-state index is -1.62. The highest BCUT2D eigenvalue weighted by Crippen LogP contribution is 2.26. The highest BCUT2D eigenvalue weighted by molar-refractivity contribution is 5.80. The maximum atomic E-state index is 13.5. The van der Waals surface area contributed by atoms with E-state index in [4.69, 9.17) is 14.2 Å². The van der Waals surface area contributed by atoms with E-state index in [-0.39, 0.29) is 19.4 Å². The van der Waals surface area contributed by atoms with Crippen LogP contribution in [-0.4, -0.2) is 99.6 Å². The van der Waals surface area contributed by atoms with Crippen LogP contribution in [0.3, 0.4) is 0 Å². The molecule has 6 N–H and O–H groups in total. The molecule has 1 heterocycles. The predicted molar refractivity (Wildman–Crippen MR) is 347 cm³/mol. The van der Waals surface area contributed by atoms with Gasteiger partial charge < -0.3 is 45.1 Å². The van der Waals surface area contributed by atoms with E-state index < -0.39 is 67.4 Å². The number of aliphatic hydroxyl groups excluding tert-OH is 5. The van der Waals surface area contributed by atoms with E-state index >= 15 is 0 Å². The number of esters is 1. The average molecular weight is 1170 g/mol. The second-order valence-corrected chi connectivity index (χ2v) is 24.3. The third kappa shape index (κ3) is 47.2. The number of unbranched alkanes of at least 4 members (excludes halogenated alkanes) is 38. The zero-order chi connectivity index (χ0) is 60.3. The lowest BCUT2D eigenvalue weighted by Crippen LogP contribution is -2.61. The monoisotopic (exact) mass is 1170 g/mol. The Bertz CT molecular complexity index is 1580. The summed E-state index contributed by atoms with van der Waals surface area (Å²) in [5, 5.41) is 57.2. The van der Waals surface area contributed by atoms with Crippen LogP contribution in [0.5, 0.6) is 0 Å². The van der Waals surface area contributed by atoms with Gasteiger partial charge in [0, 0.05) is 6.42 Å². The van der Waals surface area contributed by atoms with Crippen LogP contribution in [0.1, 0.15) is 323 Å². The summed E-state index contributed by atoms with van der Waals surface area (Å²) >= 11 is 0. The number of hydrogen-bond donors (Lipinski definition) is 6. The predicted octanol–water partition coefficient (Wildman–Crippen LogP) is 17.7. The first-order valence-corrected chi connectivity index (χ1v) is 35.1. The molecule has 83 heavy (non-hydrogen) atoms. The van der Waals surface area contributed by atoms with E-state index in [1.165, 1.54) is 193 Å². The van der Waals surface area contributed by atoms with Crippen LogP contribution >= 0.6 is 0 Å². The summed E-state index contributed by atoms with van der Waals surface area (Å²) in [4.78, 5) is 26.7. The Kier molecular flexibility index (Phi) is 56.4. The van der Waals surface area contributed by atoms with Crippen LogP contribution in [0.15, 0.2) is 60.8 Å². The third-order valence-electron chi connectivity index (χ3n) is 16.4. The van der Waals surface area contributed by atoms with Gasteiger partial charge in [-0.25, -0.2) is 0 Å². The highest BCUT2D eigenvalue weighted by atomic mass is 16.7. The Morgan fingerprint density at radius 1 is 0.470 bits per heavy atom. The zero-order valence-electron chi connectivity index (χ0n) is 53.8. The molecule has 11 nitrogen and oxygen atoms in total. The first-order valence-electron chi connectivity index (χ1n) is 35.1. The summed E-state index contributed by atoms with van der Waals surface area (Å²) in [6.07, 6.45) is 65.3. The number of allylic oxidation sites excluding steroid dienone is 9. The smallest absolute Gasteiger partial charge is 0.306 e. The van der Waals surface area contributed by atoms with Crippen molar-refractivity contribution in [2.75, 3.05) is 13.2 Å². The number of carbonyl (C=O) groups is 2. The van der Waals surface area contributed by atoms with Crippen LogP contribution < -0.4 is 5.32 Å². The molecule has 0 aromatic carbocycles. The van der Waals surface area contributed by atoms with Crippen LogP contribution in [0.2, 0.25) is 0 Å². The lowest BCUT2D eigenvalue weighted by Gasteiger charge is -2.41. The molecule has 11 heteroatoms. The summed E-state index contributed by atoms with van der Waals surface area (Å²) in [6, 6.07) is -1.03. The van der Waals surface area contributed by atoms with E-state index in [0.29, 0.717) is 12.8 Å². The van der Waals surface area contributed by atoms with Gasteiger partial charge in [0.1, 0.15) is 24.4 Å². The van der Waals surface area contributed by atoms with Crippen LogP contribution in [-0.2, 0) is 23.8 Å². The molecule has 1 fully saturated rings. The number of hydrogen-bond acceptors (Lipinski definition) is 10. The van der Waals surface area contributed by atoms with Crippen molar-refractivity contribution in [3.63, 3.8) is 0 Å². The molecule has 0 aromatic rings. The lowest BCUT2D eigenvalue weighted by atomic mass is 9.99. The first-order chi connectivity index (χ1) is 40.7. The van der Waals surface area contributed by atoms with Gasteiger partial charge in [0.2, 0.25) is 5.91 Å². The van der Waals surface area contributed by atoms with Crippen molar-refractivity contribution in [2.45, 2.75) is 372 Å². The fourth-order valence-electron chi connectivity index (χ4n) is 10.8. The Morgan fingerprint density at radius 3 is 1.28 bits per heavy atom. The Hall–Kier alpha value is -2.64. The second-order valence-electron chi connectivity index (χ2n) is 24.3. The van der Waals surface area contributed by atoms with E-state index in [0.717, 1.165) is 83.5 Å². The third-order valence-corrected chi connectivity index (χ3v) is 16.4. The number of carbonyl (C=O) groups excluding carboxylic acids is 2. The molecule has 0 saturated carbocycles. The molecule has 0 aliphatic carbocycles. The van der Waals surface area contributed by atoms with Gasteiger partial charge in [-0.05, 0) is 89.9 Å². The van der Waals surface area contributed by atoms with Gasteiger partial charge in [0.05, 0.1) is 25.4 Å². The number of ether oxygens (including phenoxy) is 3. The number of rotatable bonds is 60. The summed E-state index contributed by atoms with van der Waals surface area (Å²) in [5.41, 5.74) is 0. The van der Waals surface area contributed by atoms with Crippen molar-refractivity contribution < 1.29 is 49.3 Å². The molecule has 1 saturated heterocycles. The standard InChI is InChI=1S/C72H131NO10/c1-4-7-10-13-16-19-22-25-27-29-31-33-35-37-39-42-45-48-51-54-57-60-67(77)83-70-69(79)68(78)66(61-74)82-72(70)81-62-63(64(75)58-55-52-49-46-43-40-24-21-18-15-12-9-6-3)73-71(80)65(76)59-56-53-50-47-44-41-38-36-34-32-30-28-26-23-20-17-14-11-8-5-2/h17,20,25-28,32,34,55,58,63-66,68-70,72,74-76,78-79H,4-16,18-19,21-24,29-31,33,35-54,56-57,59-62H2,1-3H3,(H,73,80)/b20-17-,27-25+,28-26-,34-32-,58-55+. The van der Waals surface area contributed by atoms with Crippen molar-refractivity contribution in [3.05, 3.63) is 60.8 Å². The topological polar surface area (TPSA) is 175 Å². The zero-order valence-corrected chi connectivity index (χ0v) is 53.8. The van der Waals surface area contributed by atoms with Crippen molar-refractivity contribution >= 4 is 11.9 Å². The molecule has 1 aliphatic heterocycles. The highest BCUT2D eigenvalue weighted by Gasteiger charge is 2.47. The molecule has 1 aliphatic rings. The fourth-order valence-corrected chi connectivity index (χ4v) is 10.8. The molecule has 0 radical (unpaired) electrons. The number of amides is 1. The van der Waals surface area contributed by atoms with E-state index in [2.05, 4.69) is 74.7 Å². The number of aliphatic hydroxyl groups is 5. The average Bonchev–Trinajstić information content (AvgIpc) is 3.54. The summed E-state index contributed by atoms with van der Waals surface area (Å²) in [5.74, 6) is -1.19. The summed E-state index contributed by atoms with van der Waals surface area (Å²) in [6.45, 7) is 5.79. The maximum absolute atomic E-state index is 13.5. The normalized spacial score (nSPS) is 18.9. The Morgan fingerprint density at radius 2 is 0.831 bits per heavy atom. The van der Waals surface area contributed by atoms with Crippen LogP contribution in [0.25, 0.3) is 0 Å². The quantitative estimate of drug-likeness (QED) is 0.0195. The maximum Gasteiger partial charge on any atom is 0.306 e. The second kappa shape index (κ2) is 59.7. The molecule has 484 valence electrons. The van der Waals surface area contributed by atoms with Crippen molar-refractivity contribution in [1.29, 1.82) is 0 Å². The largest absolute Gasteiger partial charge is 0.454 e. The van der Waals surface area contributed by atoms with Crippen molar-refractivity contribution in [3.8, 4) is 0 Å². The molecule has 8 atom stereocenters. The van der Waals surface area contributed by atoms with E-state index in [1.54, 1.807) is 6.08 Å². The van der Waals surface area contributed by atoms with Crippen molar-refractivity contribution in [2.24, 2.45) is 0 Å². The Labute approximate surface area is 509 Å². The van der Waals surface area contributed by atoms with Gasteiger partial charge in [-0.1, -0.05) is 287 Å². The summed E-state index contributed by atoms with van der Waals surface area (Å²) in [7, 11) is 0. The molecule has 0 spiro atoms. The molecule has 1 amide bonds. The molecule has 0 aromatic heterocycles. The van der Waals surface area contributed by atoms with Gasteiger partial charge >= 0.3 is 5.97 Å². The van der Waals surface area contributed by atoms with Gasteiger partial charge in [0.15, 0.2) is 12.4 Å². The fraction of sp³-hybridized carbons (Fsp3) is 0.833. The molecule has 1 rings (SSSR count). The minimum Gasteiger partial charge on any atom is -0.454 e. The minimum absolute atomic E-state index is 0.122. The van der Waals surface area contributed by atoms with Gasteiger partial charge in [0.25, 0.3) is 0 Å². The van der Waals surface area contributed by atoms with E-state index in [9.17, 15) is 35.1 Å². The molecule has 0 bridgehead atoms. The van der Waals surface area contributed by atoms with Crippen LogP contribution in [0.4, 0.5) is 0 Å². The first kappa shape index (κ1) is 78.4. The SMILES string of the molecule is CCCCC/C=C\C/C=C\C/C=C\CCCCCCCCCC(O)C(=O)NC(COC1OC(CO)C(O)C(O)C1OC(=O)CCCCCCCCCCCCC/C=C/CCCCCCCC)C(O)/C=C/CCCCCCCCCCCCC. The number of nitrogens with one attached hydrogen (secondary N) is 1. The molecular formula is C72H131NO10. The van der Waals surface area contributed by atoms with Crippen molar-refractivity contribution in [1.82, 2.24) is 5.32 Å². The van der Waals surface area contributed by atoms with Gasteiger partial charge in [-0.2, -0.15) is 0 Å². The molecular weight excluding hydrogens is 1040 g/mol. The molecule has 8 unspecified atom stereocenters.